The van der Waals surface area contributed by atoms with E-state index in [0.29, 0.717) is 12.0 Å². The van der Waals surface area contributed by atoms with E-state index in [1.54, 1.807) is 0 Å². The summed E-state index contributed by atoms with van der Waals surface area (Å²) in [6.45, 7) is 6.73. The summed E-state index contributed by atoms with van der Waals surface area (Å²) in [5.74, 6) is 1.40. The molecule has 2 rings (SSSR count). The van der Waals surface area contributed by atoms with Gasteiger partial charge >= 0.3 is 0 Å². The van der Waals surface area contributed by atoms with Crippen LogP contribution >= 0.6 is 0 Å². The molecule has 0 aromatic heterocycles. The van der Waals surface area contributed by atoms with Crippen molar-refractivity contribution >= 4 is 11.4 Å². The van der Waals surface area contributed by atoms with Gasteiger partial charge in [0, 0.05) is 42.6 Å². The van der Waals surface area contributed by atoms with Gasteiger partial charge in [0.15, 0.2) is 0 Å². The lowest BCUT2D eigenvalue weighted by molar-refractivity contribution is 0.108. The molecule has 0 radical (unpaired) electrons. The molecule has 1 aromatic carbocycles. The van der Waals surface area contributed by atoms with Gasteiger partial charge in [-0.05, 0) is 25.8 Å². The number of rotatable bonds is 6. The number of anilines is 2. The lowest BCUT2D eigenvalue weighted by atomic mass is 10.0. The number of hydrogen-bond donors (Lipinski definition) is 2. The number of nitrogens with two attached hydrogens (primary N) is 1. The molecule has 2 atom stereocenters. The summed E-state index contributed by atoms with van der Waals surface area (Å²) in [6.07, 6.45) is 2.45. The van der Waals surface area contributed by atoms with E-state index in [-0.39, 0.29) is 0 Å². The molecule has 106 valence electrons. The van der Waals surface area contributed by atoms with Gasteiger partial charge in [-0.25, -0.2) is 0 Å². The van der Waals surface area contributed by atoms with Crippen molar-refractivity contribution < 1.29 is 9.47 Å². The first-order chi connectivity index (χ1) is 9.19. The molecule has 1 heterocycles. The van der Waals surface area contributed by atoms with Crippen LogP contribution in [0, 0.1) is 5.92 Å². The van der Waals surface area contributed by atoms with E-state index in [2.05, 4.69) is 19.2 Å². The second kappa shape index (κ2) is 6.66. The molecule has 0 amide bonds. The molecule has 0 bridgehead atoms. The first kappa shape index (κ1) is 14.0. The molecule has 1 fully saturated rings. The summed E-state index contributed by atoms with van der Waals surface area (Å²) < 4.78 is 11.2. The summed E-state index contributed by atoms with van der Waals surface area (Å²) in [4.78, 5) is 0. The number of hydrogen-bond acceptors (Lipinski definition) is 4. The van der Waals surface area contributed by atoms with Crippen molar-refractivity contribution in [2.24, 2.45) is 5.92 Å². The Labute approximate surface area is 115 Å². The summed E-state index contributed by atoms with van der Waals surface area (Å²) in [7, 11) is 0. The van der Waals surface area contributed by atoms with E-state index >= 15 is 0 Å². The molecule has 2 unspecified atom stereocenters. The molecule has 3 N–H and O–H groups in total. The van der Waals surface area contributed by atoms with Gasteiger partial charge in [-0.1, -0.05) is 6.92 Å². The number of benzene rings is 1. The zero-order chi connectivity index (χ0) is 13.7. The normalized spacial score (nSPS) is 22.4. The molecule has 0 saturated carbocycles. The van der Waals surface area contributed by atoms with Gasteiger partial charge < -0.3 is 20.5 Å². The smallest absolute Gasteiger partial charge is 0.123 e. The van der Waals surface area contributed by atoms with Crippen LogP contribution in [0.2, 0.25) is 0 Å². The van der Waals surface area contributed by atoms with Gasteiger partial charge in [0.2, 0.25) is 0 Å². The van der Waals surface area contributed by atoms with E-state index in [4.69, 9.17) is 15.2 Å². The van der Waals surface area contributed by atoms with Gasteiger partial charge in [-0.15, -0.1) is 0 Å². The Morgan fingerprint density at radius 1 is 1.42 bits per heavy atom. The fourth-order valence-corrected chi connectivity index (χ4v) is 2.32. The second-order valence-electron chi connectivity index (χ2n) is 5.14. The van der Waals surface area contributed by atoms with Crippen molar-refractivity contribution in [2.75, 3.05) is 30.8 Å². The Kier molecular flexibility index (Phi) is 4.91. The molecule has 1 aliphatic heterocycles. The van der Waals surface area contributed by atoms with Gasteiger partial charge in [0.1, 0.15) is 5.75 Å². The van der Waals surface area contributed by atoms with E-state index in [9.17, 15) is 0 Å². The summed E-state index contributed by atoms with van der Waals surface area (Å²) in [6, 6.07) is 5.81. The van der Waals surface area contributed by atoms with Crippen LogP contribution < -0.4 is 15.8 Å². The van der Waals surface area contributed by atoms with Crippen molar-refractivity contribution in [3.8, 4) is 5.75 Å². The molecule has 19 heavy (non-hydrogen) atoms. The van der Waals surface area contributed by atoms with Crippen LogP contribution in [0.1, 0.15) is 26.7 Å². The average Bonchev–Trinajstić information content (AvgIpc) is 2.79. The van der Waals surface area contributed by atoms with Crippen molar-refractivity contribution in [1.82, 2.24) is 0 Å². The topological polar surface area (TPSA) is 56.5 Å². The highest BCUT2D eigenvalue weighted by Crippen LogP contribution is 2.25. The van der Waals surface area contributed by atoms with Crippen LogP contribution in [0.3, 0.4) is 0 Å². The molecular weight excluding hydrogens is 240 g/mol. The second-order valence-corrected chi connectivity index (χ2v) is 5.14. The van der Waals surface area contributed by atoms with Gasteiger partial charge in [-0.2, -0.15) is 0 Å². The minimum Gasteiger partial charge on any atom is -0.493 e. The Hall–Kier alpha value is -1.42. The fourth-order valence-electron chi connectivity index (χ4n) is 2.32. The maximum atomic E-state index is 5.90. The highest BCUT2D eigenvalue weighted by molar-refractivity contribution is 5.59. The van der Waals surface area contributed by atoms with Crippen molar-refractivity contribution in [1.29, 1.82) is 0 Å². The standard InChI is InChI=1S/C15H24N2O2/c1-3-5-19-15-8-13(16)7-14(9-15)17-10-12-4-6-18-11(12)2/h7-9,11-12,17H,3-6,10,16H2,1-2H3. The number of nitrogens with one attached hydrogen (secondary N) is 1. The third kappa shape index (κ3) is 4.03. The molecule has 1 aliphatic rings. The predicted molar refractivity (Wildman–Crippen MR) is 78.7 cm³/mol. The minimum atomic E-state index is 0.337. The Morgan fingerprint density at radius 3 is 2.95 bits per heavy atom. The molecule has 1 aromatic rings. The number of ether oxygens (including phenoxy) is 2. The quantitative estimate of drug-likeness (QED) is 0.776. The van der Waals surface area contributed by atoms with Crippen LogP contribution in [0.5, 0.6) is 5.75 Å². The highest BCUT2D eigenvalue weighted by Gasteiger charge is 2.23. The average molecular weight is 264 g/mol. The molecule has 0 spiro atoms. The Morgan fingerprint density at radius 2 is 2.26 bits per heavy atom. The molecular formula is C15H24N2O2. The lowest BCUT2D eigenvalue weighted by Gasteiger charge is -2.16. The number of nitrogen functional groups attached to an aromatic ring is 1. The van der Waals surface area contributed by atoms with Gasteiger partial charge in [0.25, 0.3) is 0 Å². The summed E-state index contributed by atoms with van der Waals surface area (Å²) >= 11 is 0. The van der Waals surface area contributed by atoms with Gasteiger partial charge in [0.05, 0.1) is 12.7 Å². The highest BCUT2D eigenvalue weighted by atomic mass is 16.5. The van der Waals surface area contributed by atoms with E-state index in [1.165, 1.54) is 0 Å². The summed E-state index contributed by atoms with van der Waals surface area (Å²) in [5.41, 5.74) is 7.64. The third-order valence-corrected chi connectivity index (χ3v) is 3.50. The minimum absolute atomic E-state index is 0.337. The van der Waals surface area contributed by atoms with Gasteiger partial charge in [-0.3, -0.25) is 0 Å². The van der Waals surface area contributed by atoms with Crippen LogP contribution in [0.25, 0.3) is 0 Å². The predicted octanol–water partition coefficient (Wildman–Crippen LogP) is 2.89. The van der Waals surface area contributed by atoms with Crippen molar-refractivity contribution in [3.63, 3.8) is 0 Å². The van der Waals surface area contributed by atoms with Crippen molar-refractivity contribution in [3.05, 3.63) is 18.2 Å². The molecule has 0 aliphatic carbocycles. The Bertz CT molecular complexity index is 409. The maximum Gasteiger partial charge on any atom is 0.123 e. The molecule has 4 heteroatoms. The largest absolute Gasteiger partial charge is 0.493 e. The molecule has 4 nitrogen and oxygen atoms in total. The lowest BCUT2D eigenvalue weighted by Crippen LogP contribution is -2.20. The Balaban J connectivity index is 1.93. The molecule has 1 saturated heterocycles. The zero-order valence-corrected chi connectivity index (χ0v) is 11.8. The first-order valence-corrected chi connectivity index (χ1v) is 7.08. The van der Waals surface area contributed by atoms with E-state index in [0.717, 1.165) is 49.7 Å². The zero-order valence-electron chi connectivity index (χ0n) is 11.8. The van der Waals surface area contributed by atoms with Crippen LogP contribution in [0.4, 0.5) is 11.4 Å². The van der Waals surface area contributed by atoms with Crippen LogP contribution in [0.15, 0.2) is 18.2 Å². The van der Waals surface area contributed by atoms with E-state index in [1.807, 2.05) is 18.2 Å². The van der Waals surface area contributed by atoms with Crippen LogP contribution in [-0.2, 0) is 4.74 Å². The monoisotopic (exact) mass is 264 g/mol. The van der Waals surface area contributed by atoms with Crippen molar-refractivity contribution in [2.45, 2.75) is 32.8 Å². The fraction of sp³-hybridized carbons (Fsp3) is 0.600. The third-order valence-electron chi connectivity index (χ3n) is 3.50. The van der Waals surface area contributed by atoms with E-state index < -0.39 is 0 Å². The summed E-state index contributed by atoms with van der Waals surface area (Å²) in [5, 5.41) is 3.43. The first-order valence-electron chi connectivity index (χ1n) is 7.08. The maximum absolute atomic E-state index is 5.90. The SMILES string of the molecule is CCCOc1cc(N)cc(NCC2CCOC2C)c1. The van der Waals surface area contributed by atoms with Crippen LogP contribution in [-0.4, -0.2) is 25.9 Å².